The van der Waals surface area contributed by atoms with Gasteiger partial charge in [-0.05, 0) is 30.5 Å². The number of hydrogen-bond donors (Lipinski definition) is 1. The Kier molecular flexibility index (Phi) is 2.88. The highest BCUT2D eigenvalue weighted by Gasteiger charge is 2.12. The van der Waals surface area contributed by atoms with Crippen LogP contribution in [0.4, 0.5) is 0 Å². The maximum atomic E-state index is 11.1. The van der Waals surface area contributed by atoms with Crippen molar-refractivity contribution in [1.29, 1.82) is 0 Å². The van der Waals surface area contributed by atoms with Gasteiger partial charge in [-0.15, -0.1) is 0 Å². The van der Waals surface area contributed by atoms with E-state index in [4.69, 9.17) is 10.2 Å². The van der Waals surface area contributed by atoms with Crippen molar-refractivity contribution in [3.63, 3.8) is 0 Å². The van der Waals surface area contributed by atoms with Crippen molar-refractivity contribution in [2.45, 2.75) is 19.3 Å². The molecular formula is C11H13NO2S. The molecular weight excluding hydrogens is 210 g/mol. The Bertz CT molecular complexity index is 515. The van der Waals surface area contributed by atoms with Crippen LogP contribution in [0.1, 0.15) is 24.8 Å². The monoisotopic (exact) mass is 223 g/mol. The van der Waals surface area contributed by atoms with Crippen molar-refractivity contribution < 1.29 is 4.42 Å². The van der Waals surface area contributed by atoms with E-state index in [0.717, 1.165) is 33.6 Å². The lowest BCUT2D eigenvalue weighted by molar-refractivity contribution is 0.572. The van der Waals surface area contributed by atoms with Crippen LogP contribution >= 0.6 is 11.3 Å². The molecule has 2 rings (SSSR count). The van der Waals surface area contributed by atoms with Gasteiger partial charge in [-0.2, -0.15) is 0 Å². The molecule has 0 saturated carbocycles. The van der Waals surface area contributed by atoms with Crippen LogP contribution in [-0.2, 0) is 0 Å². The summed E-state index contributed by atoms with van der Waals surface area (Å²) in [6.07, 6.45) is 0.901. The molecule has 0 amide bonds. The van der Waals surface area contributed by atoms with Gasteiger partial charge in [0.2, 0.25) is 0 Å². The van der Waals surface area contributed by atoms with E-state index < -0.39 is 0 Å². The second-order valence-corrected chi connectivity index (χ2v) is 4.58. The highest BCUT2D eigenvalue weighted by Crippen LogP contribution is 2.28. The number of nitrogens with two attached hydrogens (primary N) is 1. The molecule has 0 bridgehead atoms. The zero-order valence-electron chi connectivity index (χ0n) is 8.53. The SMILES string of the molecule is CC(CCN)c1cccc2sc(=O)oc12. The fourth-order valence-corrected chi connectivity index (χ4v) is 2.41. The molecule has 1 aromatic heterocycles. The Hall–Kier alpha value is -1.13. The van der Waals surface area contributed by atoms with Gasteiger partial charge in [0, 0.05) is 0 Å². The third-order valence-electron chi connectivity index (χ3n) is 2.52. The molecule has 1 atom stereocenters. The second kappa shape index (κ2) is 4.16. The molecule has 0 aliphatic carbocycles. The van der Waals surface area contributed by atoms with Crippen molar-refractivity contribution in [1.82, 2.24) is 0 Å². The molecule has 4 heteroatoms. The Morgan fingerprint density at radius 1 is 1.53 bits per heavy atom. The van der Waals surface area contributed by atoms with E-state index in [1.807, 2.05) is 18.2 Å². The molecule has 15 heavy (non-hydrogen) atoms. The first kappa shape index (κ1) is 10.4. The molecule has 1 heterocycles. The number of benzene rings is 1. The van der Waals surface area contributed by atoms with Gasteiger partial charge in [0.05, 0.1) is 4.70 Å². The lowest BCUT2D eigenvalue weighted by atomic mass is 9.97. The maximum absolute atomic E-state index is 11.1. The number of hydrogen-bond acceptors (Lipinski definition) is 4. The smallest absolute Gasteiger partial charge is 0.396 e. The van der Waals surface area contributed by atoms with Crippen molar-refractivity contribution in [2.75, 3.05) is 6.54 Å². The zero-order valence-corrected chi connectivity index (χ0v) is 9.34. The third-order valence-corrected chi connectivity index (χ3v) is 3.31. The first-order valence-electron chi connectivity index (χ1n) is 4.95. The minimum atomic E-state index is -0.239. The summed E-state index contributed by atoms with van der Waals surface area (Å²) in [4.78, 5) is 10.9. The number of rotatable bonds is 3. The van der Waals surface area contributed by atoms with Gasteiger partial charge in [0.1, 0.15) is 0 Å². The molecule has 0 radical (unpaired) electrons. The number of fused-ring (bicyclic) bond motifs is 1. The number of para-hydroxylation sites is 1. The first-order chi connectivity index (χ1) is 7.22. The van der Waals surface area contributed by atoms with E-state index in [2.05, 4.69) is 6.92 Å². The zero-order chi connectivity index (χ0) is 10.8. The third kappa shape index (κ3) is 1.96. The van der Waals surface area contributed by atoms with Crippen LogP contribution in [0.5, 0.6) is 0 Å². The van der Waals surface area contributed by atoms with Crippen molar-refractivity contribution in [3.8, 4) is 0 Å². The fourth-order valence-electron chi connectivity index (χ4n) is 1.71. The molecule has 0 fully saturated rings. The molecule has 80 valence electrons. The topological polar surface area (TPSA) is 56.2 Å². The average Bonchev–Trinajstić information content (AvgIpc) is 2.57. The molecule has 2 aromatic rings. The largest absolute Gasteiger partial charge is 0.414 e. The molecule has 2 N–H and O–H groups in total. The quantitative estimate of drug-likeness (QED) is 0.868. The van der Waals surface area contributed by atoms with E-state index in [1.54, 1.807) is 0 Å². The molecule has 1 unspecified atom stereocenters. The first-order valence-corrected chi connectivity index (χ1v) is 5.76. The minimum absolute atomic E-state index is 0.239. The summed E-state index contributed by atoms with van der Waals surface area (Å²) in [6.45, 7) is 2.74. The summed E-state index contributed by atoms with van der Waals surface area (Å²) in [6, 6.07) is 5.86. The lowest BCUT2D eigenvalue weighted by Gasteiger charge is -2.09. The van der Waals surface area contributed by atoms with E-state index in [1.165, 1.54) is 0 Å². The fraction of sp³-hybridized carbons (Fsp3) is 0.364. The highest BCUT2D eigenvalue weighted by molar-refractivity contribution is 7.16. The Morgan fingerprint density at radius 3 is 3.07 bits per heavy atom. The van der Waals surface area contributed by atoms with Crippen LogP contribution in [-0.4, -0.2) is 6.54 Å². The van der Waals surface area contributed by atoms with Crippen LogP contribution in [0.2, 0.25) is 0 Å². The van der Waals surface area contributed by atoms with E-state index in [-0.39, 0.29) is 4.94 Å². The van der Waals surface area contributed by atoms with Gasteiger partial charge in [-0.3, -0.25) is 0 Å². The van der Waals surface area contributed by atoms with E-state index >= 15 is 0 Å². The van der Waals surface area contributed by atoms with Crippen LogP contribution in [0.15, 0.2) is 27.4 Å². The highest BCUT2D eigenvalue weighted by atomic mass is 32.1. The van der Waals surface area contributed by atoms with Crippen LogP contribution < -0.4 is 10.7 Å². The van der Waals surface area contributed by atoms with Crippen LogP contribution in [0.25, 0.3) is 10.3 Å². The summed E-state index contributed by atoms with van der Waals surface area (Å²) in [5.74, 6) is 0.330. The van der Waals surface area contributed by atoms with E-state index in [9.17, 15) is 4.79 Å². The van der Waals surface area contributed by atoms with Gasteiger partial charge < -0.3 is 10.2 Å². The van der Waals surface area contributed by atoms with Gasteiger partial charge in [-0.1, -0.05) is 30.4 Å². The van der Waals surface area contributed by atoms with Crippen LogP contribution in [0, 0.1) is 0 Å². The summed E-state index contributed by atoms with van der Waals surface area (Å²) < 4.78 is 6.11. The lowest BCUT2D eigenvalue weighted by Crippen LogP contribution is -2.04. The second-order valence-electron chi connectivity index (χ2n) is 3.61. The van der Waals surface area contributed by atoms with Crippen molar-refractivity contribution in [2.24, 2.45) is 5.73 Å². The molecule has 0 saturated heterocycles. The summed E-state index contributed by atoms with van der Waals surface area (Å²) in [5, 5.41) is 0. The van der Waals surface area contributed by atoms with Gasteiger partial charge in [0.25, 0.3) is 0 Å². The molecule has 0 aliphatic heterocycles. The summed E-state index contributed by atoms with van der Waals surface area (Å²) in [5.41, 5.74) is 7.34. The molecule has 0 spiro atoms. The predicted octanol–water partition coefficient (Wildman–Crippen LogP) is 2.31. The molecule has 1 aromatic carbocycles. The normalized spacial score (nSPS) is 13.2. The summed E-state index contributed by atoms with van der Waals surface area (Å²) in [7, 11) is 0. The van der Waals surface area contributed by atoms with Gasteiger partial charge in [-0.25, -0.2) is 4.79 Å². The standard InChI is InChI=1S/C11H13NO2S/c1-7(5-6-12)8-3-2-4-9-10(8)14-11(13)15-9/h2-4,7H,5-6,12H2,1H3. The molecule has 3 nitrogen and oxygen atoms in total. The Balaban J connectivity index is 2.54. The minimum Gasteiger partial charge on any atom is -0.414 e. The predicted molar refractivity (Wildman–Crippen MR) is 62.4 cm³/mol. The van der Waals surface area contributed by atoms with E-state index in [0.29, 0.717) is 12.5 Å². The Morgan fingerprint density at radius 2 is 2.33 bits per heavy atom. The van der Waals surface area contributed by atoms with Gasteiger partial charge >= 0.3 is 4.94 Å². The van der Waals surface area contributed by atoms with Crippen molar-refractivity contribution in [3.05, 3.63) is 33.5 Å². The van der Waals surface area contributed by atoms with Crippen LogP contribution in [0.3, 0.4) is 0 Å². The molecule has 0 aliphatic rings. The van der Waals surface area contributed by atoms with Crippen molar-refractivity contribution >= 4 is 21.6 Å². The Labute approximate surface area is 91.5 Å². The summed E-state index contributed by atoms with van der Waals surface area (Å²) >= 11 is 1.15. The maximum Gasteiger partial charge on any atom is 0.396 e. The average molecular weight is 223 g/mol. The van der Waals surface area contributed by atoms with Gasteiger partial charge in [0.15, 0.2) is 5.58 Å².